The maximum Gasteiger partial charge on any atom is 0.258 e. The van der Waals surface area contributed by atoms with Gasteiger partial charge >= 0.3 is 0 Å². The number of benzene rings is 1. The van der Waals surface area contributed by atoms with E-state index in [2.05, 4.69) is 15.3 Å². The molecule has 0 radical (unpaired) electrons. The van der Waals surface area contributed by atoms with Gasteiger partial charge in [-0.15, -0.1) is 0 Å². The van der Waals surface area contributed by atoms with Gasteiger partial charge in [0.1, 0.15) is 5.82 Å². The number of aromatic nitrogens is 2. The van der Waals surface area contributed by atoms with Crippen LogP contribution in [0.4, 0.5) is 4.39 Å². The largest absolute Gasteiger partial charge is 0.467 e. The fraction of sp³-hybridized carbons (Fsp3) is 0.450. The van der Waals surface area contributed by atoms with E-state index in [1.54, 1.807) is 18.2 Å². The summed E-state index contributed by atoms with van der Waals surface area (Å²) in [6, 6.07) is 8.09. The zero-order chi connectivity index (χ0) is 18.4. The van der Waals surface area contributed by atoms with Crippen LogP contribution in [0.1, 0.15) is 44.7 Å². The van der Waals surface area contributed by atoms with Crippen LogP contribution in [0.15, 0.2) is 30.3 Å². The number of carbonyl (C=O) groups excluding carboxylic acids is 1. The third-order valence-electron chi connectivity index (χ3n) is 4.52. The molecule has 1 aliphatic carbocycles. The normalized spacial score (nSPS) is 14.8. The van der Waals surface area contributed by atoms with E-state index in [9.17, 15) is 9.18 Å². The highest BCUT2D eigenvalue weighted by molar-refractivity contribution is 5.77. The summed E-state index contributed by atoms with van der Waals surface area (Å²) in [5, 5.41) is 3.01. The molecule has 0 atom stereocenters. The van der Waals surface area contributed by atoms with Gasteiger partial charge in [-0.1, -0.05) is 38.3 Å². The molecular formula is C20H24FN3O2. The lowest BCUT2D eigenvalue weighted by atomic mass is 9.95. The predicted octanol–water partition coefficient (Wildman–Crippen LogP) is 3.67. The molecule has 1 N–H and O–H groups in total. The van der Waals surface area contributed by atoms with E-state index in [4.69, 9.17) is 4.74 Å². The Morgan fingerprint density at radius 3 is 2.77 bits per heavy atom. The summed E-state index contributed by atoms with van der Waals surface area (Å²) in [5.41, 5.74) is 1.36. The lowest BCUT2D eigenvalue weighted by Crippen LogP contribution is -2.39. The first kappa shape index (κ1) is 18.3. The molecule has 0 spiro atoms. The minimum absolute atomic E-state index is 0.0841. The molecule has 3 rings (SSSR count). The summed E-state index contributed by atoms with van der Waals surface area (Å²) in [7, 11) is 0. The topological polar surface area (TPSA) is 64.1 Å². The fourth-order valence-electron chi connectivity index (χ4n) is 3.14. The van der Waals surface area contributed by atoms with Crippen molar-refractivity contribution in [1.29, 1.82) is 0 Å². The van der Waals surface area contributed by atoms with Gasteiger partial charge in [0.25, 0.3) is 5.91 Å². The van der Waals surface area contributed by atoms with Crippen molar-refractivity contribution in [2.75, 3.05) is 6.61 Å². The molecule has 138 valence electrons. The number of nitrogens with one attached hydrogen (secondary N) is 1. The molecule has 1 amide bonds. The van der Waals surface area contributed by atoms with Crippen molar-refractivity contribution in [3.63, 3.8) is 0 Å². The van der Waals surface area contributed by atoms with E-state index in [0.717, 1.165) is 31.4 Å². The number of ether oxygens (including phenoxy) is 1. The number of rotatable bonds is 6. The summed E-state index contributed by atoms with van der Waals surface area (Å²) in [5.74, 6) is 0.240. The van der Waals surface area contributed by atoms with Crippen LogP contribution in [0.5, 0.6) is 5.88 Å². The number of hydrogen-bond donors (Lipinski definition) is 1. The molecule has 1 aromatic carbocycles. The number of nitrogens with zero attached hydrogens (tertiary/aromatic N) is 2. The van der Waals surface area contributed by atoms with Crippen molar-refractivity contribution in [2.24, 2.45) is 0 Å². The van der Waals surface area contributed by atoms with Crippen LogP contribution < -0.4 is 10.1 Å². The summed E-state index contributed by atoms with van der Waals surface area (Å²) >= 11 is 0. The van der Waals surface area contributed by atoms with Gasteiger partial charge in [0.15, 0.2) is 12.4 Å². The van der Waals surface area contributed by atoms with Gasteiger partial charge in [0.2, 0.25) is 5.88 Å². The summed E-state index contributed by atoms with van der Waals surface area (Å²) in [4.78, 5) is 20.9. The zero-order valence-corrected chi connectivity index (χ0v) is 15.0. The summed E-state index contributed by atoms with van der Waals surface area (Å²) < 4.78 is 19.1. The fourth-order valence-corrected chi connectivity index (χ4v) is 3.14. The van der Waals surface area contributed by atoms with Crippen molar-refractivity contribution in [1.82, 2.24) is 15.3 Å². The Hall–Kier alpha value is -2.50. The molecular weight excluding hydrogens is 333 g/mol. The highest BCUT2D eigenvalue weighted by Gasteiger charge is 2.16. The van der Waals surface area contributed by atoms with Crippen molar-refractivity contribution < 1.29 is 13.9 Å². The van der Waals surface area contributed by atoms with Crippen molar-refractivity contribution in [3.05, 3.63) is 41.8 Å². The van der Waals surface area contributed by atoms with E-state index in [1.807, 2.05) is 6.92 Å². The first-order valence-electron chi connectivity index (χ1n) is 9.20. The second-order valence-corrected chi connectivity index (χ2v) is 6.58. The van der Waals surface area contributed by atoms with Crippen molar-refractivity contribution in [2.45, 2.75) is 51.5 Å². The van der Waals surface area contributed by atoms with E-state index in [0.29, 0.717) is 23.7 Å². The molecule has 1 aromatic heterocycles. The average Bonchev–Trinajstić information content (AvgIpc) is 2.67. The number of amides is 1. The van der Waals surface area contributed by atoms with Gasteiger partial charge in [-0.3, -0.25) is 4.79 Å². The number of hydrogen-bond acceptors (Lipinski definition) is 4. The standard InChI is InChI=1S/C20H24FN3O2/c1-2-16-12-19(24-20(23-16)14-7-6-8-15(21)11-14)26-13-18(25)22-17-9-4-3-5-10-17/h6-8,11-12,17H,2-5,9-10,13H2,1H3,(H,22,25). The summed E-state index contributed by atoms with van der Waals surface area (Å²) in [6.45, 7) is 1.89. The first-order valence-corrected chi connectivity index (χ1v) is 9.20. The first-order chi connectivity index (χ1) is 12.6. The molecule has 1 fully saturated rings. The number of halogens is 1. The van der Waals surface area contributed by atoms with Gasteiger partial charge < -0.3 is 10.1 Å². The minimum atomic E-state index is -0.345. The second kappa shape index (κ2) is 8.74. The molecule has 0 bridgehead atoms. The maximum absolute atomic E-state index is 13.5. The van der Waals surface area contributed by atoms with Gasteiger partial charge in [-0.25, -0.2) is 9.37 Å². The molecule has 26 heavy (non-hydrogen) atoms. The lowest BCUT2D eigenvalue weighted by Gasteiger charge is -2.22. The Morgan fingerprint density at radius 1 is 1.23 bits per heavy atom. The van der Waals surface area contributed by atoms with Gasteiger partial charge in [-0.05, 0) is 31.4 Å². The molecule has 1 aliphatic rings. The molecule has 5 nitrogen and oxygen atoms in total. The average molecular weight is 357 g/mol. The van der Waals surface area contributed by atoms with E-state index in [1.165, 1.54) is 18.6 Å². The van der Waals surface area contributed by atoms with Crippen LogP contribution in [-0.2, 0) is 11.2 Å². The molecule has 6 heteroatoms. The highest BCUT2D eigenvalue weighted by Crippen LogP contribution is 2.21. The SMILES string of the molecule is CCc1cc(OCC(=O)NC2CCCCC2)nc(-c2cccc(F)c2)n1. The van der Waals surface area contributed by atoms with E-state index >= 15 is 0 Å². The van der Waals surface area contributed by atoms with Crippen LogP contribution in [0, 0.1) is 5.82 Å². The molecule has 0 saturated heterocycles. The Kier molecular flexibility index (Phi) is 6.15. The molecule has 1 saturated carbocycles. The van der Waals surface area contributed by atoms with Gasteiger partial charge in [-0.2, -0.15) is 4.98 Å². The van der Waals surface area contributed by atoms with Crippen LogP contribution >= 0.6 is 0 Å². The van der Waals surface area contributed by atoms with Crippen molar-refractivity contribution in [3.8, 4) is 17.3 Å². The Labute approximate surface area is 153 Å². The maximum atomic E-state index is 13.5. The van der Waals surface area contributed by atoms with Crippen LogP contribution in [0.3, 0.4) is 0 Å². The number of aryl methyl sites for hydroxylation is 1. The minimum Gasteiger partial charge on any atom is -0.467 e. The Morgan fingerprint density at radius 2 is 2.04 bits per heavy atom. The second-order valence-electron chi connectivity index (χ2n) is 6.58. The van der Waals surface area contributed by atoms with E-state index < -0.39 is 0 Å². The van der Waals surface area contributed by atoms with Crippen molar-refractivity contribution >= 4 is 5.91 Å². The smallest absolute Gasteiger partial charge is 0.258 e. The Bertz CT molecular complexity index is 760. The quantitative estimate of drug-likeness (QED) is 0.857. The predicted molar refractivity (Wildman–Crippen MR) is 97.3 cm³/mol. The number of carbonyl (C=O) groups is 1. The summed E-state index contributed by atoms with van der Waals surface area (Å²) in [6.07, 6.45) is 6.32. The molecule has 2 aromatic rings. The van der Waals surface area contributed by atoms with E-state index in [-0.39, 0.29) is 24.4 Å². The molecule has 0 aliphatic heterocycles. The molecule has 1 heterocycles. The monoisotopic (exact) mass is 357 g/mol. The third-order valence-corrected chi connectivity index (χ3v) is 4.52. The third kappa shape index (κ3) is 5.00. The van der Waals surface area contributed by atoms with Crippen LogP contribution in [0.2, 0.25) is 0 Å². The van der Waals surface area contributed by atoms with Crippen LogP contribution in [0.25, 0.3) is 11.4 Å². The zero-order valence-electron chi connectivity index (χ0n) is 15.0. The molecule has 0 unspecified atom stereocenters. The van der Waals surface area contributed by atoms with Crippen LogP contribution in [-0.4, -0.2) is 28.5 Å². The van der Waals surface area contributed by atoms with Gasteiger partial charge in [0, 0.05) is 23.4 Å². The lowest BCUT2D eigenvalue weighted by molar-refractivity contribution is -0.124. The van der Waals surface area contributed by atoms with Gasteiger partial charge in [0.05, 0.1) is 0 Å². The highest BCUT2D eigenvalue weighted by atomic mass is 19.1. The Balaban J connectivity index is 1.67.